The smallest absolute Gasteiger partial charge is 0.262 e. The number of fused-ring (bicyclic) bond motifs is 1. The average Bonchev–Trinajstić information content (AvgIpc) is 3.11. The Hall–Kier alpha value is -1.70. The van der Waals surface area contributed by atoms with Gasteiger partial charge in [-0.2, -0.15) is 0 Å². The Kier molecular flexibility index (Phi) is 4.28. The average molecular weight is 354 g/mol. The number of halogens is 1. The maximum atomic E-state index is 12.4. The second kappa shape index (κ2) is 6.20. The number of carbonyl (C=O) groups excluding carboxylic acids is 1. The van der Waals surface area contributed by atoms with Crippen LogP contribution in [0.3, 0.4) is 0 Å². The largest absolute Gasteiger partial charge is 0.350 e. The Bertz CT molecular complexity index is 897. The summed E-state index contributed by atoms with van der Waals surface area (Å²) in [6.07, 6.45) is 0. The summed E-state index contributed by atoms with van der Waals surface area (Å²) in [5.74, 6) is 0.459. The summed E-state index contributed by atoms with van der Waals surface area (Å²) in [5.41, 5.74) is -0.0721. The lowest BCUT2D eigenvalue weighted by Crippen LogP contribution is -2.31. The molecule has 3 aromatic heterocycles. The third-order valence-corrected chi connectivity index (χ3v) is 5.23. The molecule has 3 rings (SSSR count). The molecule has 0 saturated heterocycles. The molecule has 3 aromatic rings. The number of hydrogen-bond donors (Lipinski definition) is 1. The van der Waals surface area contributed by atoms with Crippen LogP contribution >= 0.6 is 34.3 Å². The molecule has 0 aliphatic carbocycles. The van der Waals surface area contributed by atoms with Gasteiger partial charge in [0.15, 0.2) is 0 Å². The first-order valence-corrected chi connectivity index (χ1v) is 8.62. The topological polar surface area (TPSA) is 64.0 Å². The number of nitrogens with zero attached hydrogens (tertiary/aromatic N) is 2. The van der Waals surface area contributed by atoms with E-state index in [4.69, 9.17) is 11.6 Å². The van der Waals surface area contributed by atoms with E-state index in [1.807, 2.05) is 5.38 Å². The molecule has 0 aliphatic rings. The molecule has 0 saturated carbocycles. The van der Waals surface area contributed by atoms with Crippen molar-refractivity contribution in [3.8, 4) is 0 Å². The highest BCUT2D eigenvalue weighted by atomic mass is 35.5. The van der Waals surface area contributed by atoms with Crippen molar-refractivity contribution in [1.82, 2.24) is 14.9 Å². The molecule has 0 unspecified atom stereocenters. The van der Waals surface area contributed by atoms with Crippen molar-refractivity contribution in [2.75, 3.05) is 6.54 Å². The number of rotatable bonds is 4. The van der Waals surface area contributed by atoms with Crippen LogP contribution < -0.4 is 10.9 Å². The van der Waals surface area contributed by atoms with E-state index in [-0.39, 0.29) is 11.5 Å². The Morgan fingerprint density at radius 3 is 2.95 bits per heavy atom. The van der Waals surface area contributed by atoms with Crippen LogP contribution in [0, 0.1) is 6.92 Å². The van der Waals surface area contributed by atoms with Gasteiger partial charge in [-0.1, -0.05) is 11.6 Å². The summed E-state index contributed by atoms with van der Waals surface area (Å²) < 4.78 is 2.15. The van der Waals surface area contributed by atoms with Gasteiger partial charge in [0.05, 0.1) is 14.6 Å². The summed E-state index contributed by atoms with van der Waals surface area (Å²) in [6, 6.07) is 5.14. The van der Waals surface area contributed by atoms with Gasteiger partial charge in [-0.15, -0.1) is 22.7 Å². The number of aromatic nitrogens is 2. The van der Waals surface area contributed by atoms with E-state index in [9.17, 15) is 9.59 Å². The quantitative estimate of drug-likeness (QED) is 0.784. The van der Waals surface area contributed by atoms with Crippen LogP contribution in [-0.4, -0.2) is 22.0 Å². The van der Waals surface area contributed by atoms with Gasteiger partial charge in [-0.05, 0) is 30.5 Å². The van der Waals surface area contributed by atoms with Crippen molar-refractivity contribution < 1.29 is 4.79 Å². The zero-order valence-electron chi connectivity index (χ0n) is 11.6. The lowest BCUT2D eigenvalue weighted by molar-refractivity contribution is 0.0956. The zero-order chi connectivity index (χ0) is 15.7. The molecule has 0 bridgehead atoms. The van der Waals surface area contributed by atoms with Gasteiger partial charge >= 0.3 is 0 Å². The Morgan fingerprint density at radius 2 is 2.23 bits per heavy atom. The Labute approximate surface area is 139 Å². The van der Waals surface area contributed by atoms with Gasteiger partial charge in [0, 0.05) is 13.1 Å². The van der Waals surface area contributed by atoms with Crippen LogP contribution in [0.2, 0.25) is 4.34 Å². The lowest BCUT2D eigenvalue weighted by atomic mass is 10.4. The van der Waals surface area contributed by atoms with Gasteiger partial charge < -0.3 is 5.32 Å². The van der Waals surface area contributed by atoms with E-state index >= 15 is 0 Å². The molecular weight excluding hydrogens is 342 g/mol. The molecule has 0 spiro atoms. The number of nitrogens with one attached hydrogen (secondary N) is 1. The summed E-state index contributed by atoms with van der Waals surface area (Å²) in [7, 11) is 0. The van der Waals surface area contributed by atoms with Crippen molar-refractivity contribution in [3.63, 3.8) is 0 Å². The number of carbonyl (C=O) groups is 1. The van der Waals surface area contributed by atoms with Crippen LogP contribution in [0.25, 0.3) is 10.2 Å². The number of hydrogen-bond acceptors (Lipinski definition) is 5. The van der Waals surface area contributed by atoms with Gasteiger partial charge in [-0.25, -0.2) is 4.98 Å². The maximum Gasteiger partial charge on any atom is 0.262 e. The Balaban J connectivity index is 1.71. The number of amides is 1. The molecule has 1 N–H and O–H groups in total. The van der Waals surface area contributed by atoms with E-state index in [2.05, 4.69) is 10.3 Å². The van der Waals surface area contributed by atoms with Gasteiger partial charge in [-0.3, -0.25) is 14.2 Å². The molecule has 0 radical (unpaired) electrons. The molecular formula is C14H12ClN3O2S2. The minimum absolute atomic E-state index is 0.0721. The van der Waals surface area contributed by atoms with Gasteiger partial charge in [0.25, 0.3) is 11.5 Å². The van der Waals surface area contributed by atoms with E-state index in [0.29, 0.717) is 33.5 Å². The normalized spacial score (nSPS) is 11.0. The number of aryl methyl sites for hydroxylation is 1. The molecule has 8 heteroatoms. The fraction of sp³-hybridized carbons (Fsp3) is 0.214. The molecule has 114 valence electrons. The standard InChI is InChI=1S/C14H12ClN3O2S2/c1-8-17-13-9(4-7-21-13)14(20)18(8)6-5-16-12(19)10-2-3-11(15)22-10/h2-4,7H,5-6H2,1H3,(H,16,19). The third kappa shape index (κ3) is 2.92. The number of thiophene rings is 2. The van der Waals surface area contributed by atoms with E-state index in [0.717, 1.165) is 4.83 Å². The minimum Gasteiger partial charge on any atom is -0.350 e. The zero-order valence-corrected chi connectivity index (χ0v) is 14.0. The van der Waals surface area contributed by atoms with Crippen LogP contribution in [-0.2, 0) is 6.54 Å². The molecule has 5 nitrogen and oxygen atoms in total. The molecule has 3 heterocycles. The second-order valence-electron chi connectivity index (χ2n) is 4.61. The summed E-state index contributed by atoms with van der Waals surface area (Å²) in [4.78, 5) is 30.0. The fourth-order valence-corrected chi connectivity index (χ4v) is 3.88. The fourth-order valence-electron chi connectivity index (χ4n) is 2.12. The summed E-state index contributed by atoms with van der Waals surface area (Å²) in [5, 5.41) is 5.25. The van der Waals surface area contributed by atoms with Crippen LogP contribution in [0.15, 0.2) is 28.4 Å². The molecule has 0 fully saturated rings. The highest BCUT2D eigenvalue weighted by Gasteiger charge is 2.11. The predicted molar refractivity (Wildman–Crippen MR) is 90.3 cm³/mol. The molecule has 0 atom stereocenters. The first kappa shape index (κ1) is 15.2. The highest BCUT2D eigenvalue weighted by Crippen LogP contribution is 2.21. The van der Waals surface area contributed by atoms with Crippen molar-refractivity contribution >= 4 is 50.4 Å². The van der Waals surface area contributed by atoms with E-state index in [1.165, 1.54) is 22.7 Å². The lowest BCUT2D eigenvalue weighted by Gasteiger charge is -2.10. The minimum atomic E-state index is -0.188. The molecule has 0 aromatic carbocycles. The van der Waals surface area contributed by atoms with Crippen LogP contribution in [0.4, 0.5) is 0 Å². The first-order valence-electron chi connectivity index (χ1n) is 6.54. The summed E-state index contributed by atoms with van der Waals surface area (Å²) >= 11 is 8.48. The second-order valence-corrected chi connectivity index (χ2v) is 7.22. The maximum absolute atomic E-state index is 12.4. The third-order valence-electron chi connectivity index (χ3n) is 3.19. The predicted octanol–water partition coefficient (Wildman–Crippen LogP) is 2.91. The first-order chi connectivity index (χ1) is 10.6. The summed E-state index contributed by atoms with van der Waals surface area (Å²) in [6.45, 7) is 2.53. The van der Waals surface area contributed by atoms with Crippen molar-refractivity contribution in [2.45, 2.75) is 13.5 Å². The van der Waals surface area contributed by atoms with Crippen LogP contribution in [0.1, 0.15) is 15.5 Å². The molecule has 0 aliphatic heterocycles. The van der Waals surface area contributed by atoms with Gasteiger partial charge in [0.2, 0.25) is 0 Å². The van der Waals surface area contributed by atoms with E-state index < -0.39 is 0 Å². The van der Waals surface area contributed by atoms with Crippen molar-refractivity contribution in [2.24, 2.45) is 0 Å². The molecule has 22 heavy (non-hydrogen) atoms. The van der Waals surface area contributed by atoms with Crippen molar-refractivity contribution in [3.05, 3.63) is 49.0 Å². The van der Waals surface area contributed by atoms with E-state index in [1.54, 1.807) is 29.7 Å². The molecule has 1 amide bonds. The SMILES string of the molecule is Cc1nc2sccc2c(=O)n1CCNC(=O)c1ccc(Cl)s1. The highest BCUT2D eigenvalue weighted by molar-refractivity contribution is 7.18. The van der Waals surface area contributed by atoms with Gasteiger partial charge in [0.1, 0.15) is 10.7 Å². The van der Waals surface area contributed by atoms with Crippen LogP contribution in [0.5, 0.6) is 0 Å². The van der Waals surface area contributed by atoms with Crippen molar-refractivity contribution in [1.29, 1.82) is 0 Å². The Morgan fingerprint density at radius 1 is 1.41 bits per heavy atom. The monoisotopic (exact) mass is 353 g/mol.